The Balaban J connectivity index is 1.78. The SMILES string of the molecule is Cc1nc(C(C)NCCc2ccn(C)n2)cs1. The van der Waals surface area contributed by atoms with Crippen molar-refractivity contribution in [3.8, 4) is 0 Å². The van der Waals surface area contributed by atoms with Crippen molar-refractivity contribution in [2.75, 3.05) is 6.54 Å². The predicted molar refractivity (Wildman–Crippen MR) is 70.2 cm³/mol. The number of aromatic nitrogens is 3. The van der Waals surface area contributed by atoms with E-state index in [1.54, 1.807) is 11.3 Å². The number of aryl methyl sites for hydroxylation is 2. The van der Waals surface area contributed by atoms with Crippen molar-refractivity contribution in [1.82, 2.24) is 20.1 Å². The summed E-state index contributed by atoms with van der Waals surface area (Å²) in [5, 5.41) is 11.1. The average molecular weight is 250 g/mol. The van der Waals surface area contributed by atoms with Crippen LogP contribution in [0.1, 0.15) is 29.4 Å². The maximum absolute atomic E-state index is 4.48. The lowest BCUT2D eigenvalue weighted by Crippen LogP contribution is -2.21. The molecule has 0 saturated heterocycles. The van der Waals surface area contributed by atoms with Crippen molar-refractivity contribution in [3.63, 3.8) is 0 Å². The second-order valence-electron chi connectivity index (χ2n) is 4.20. The quantitative estimate of drug-likeness (QED) is 0.883. The maximum atomic E-state index is 4.48. The molecular formula is C12H18N4S. The van der Waals surface area contributed by atoms with E-state index < -0.39 is 0 Å². The van der Waals surface area contributed by atoms with Gasteiger partial charge in [0.1, 0.15) is 0 Å². The highest BCUT2D eigenvalue weighted by Crippen LogP contribution is 2.15. The van der Waals surface area contributed by atoms with Crippen LogP contribution in [0.4, 0.5) is 0 Å². The Hall–Kier alpha value is -1.20. The zero-order valence-electron chi connectivity index (χ0n) is 10.5. The zero-order valence-corrected chi connectivity index (χ0v) is 11.3. The Morgan fingerprint density at radius 2 is 2.35 bits per heavy atom. The van der Waals surface area contributed by atoms with E-state index in [-0.39, 0.29) is 0 Å². The molecule has 2 aromatic heterocycles. The molecule has 2 heterocycles. The number of hydrogen-bond acceptors (Lipinski definition) is 4. The second-order valence-corrected chi connectivity index (χ2v) is 5.26. The van der Waals surface area contributed by atoms with Crippen LogP contribution in [0.3, 0.4) is 0 Å². The van der Waals surface area contributed by atoms with Gasteiger partial charge in [-0.3, -0.25) is 4.68 Å². The van der Waals surface area contributed by atoms with Gasteiger partial charge in [-0.1, -0.05) is 0 Å². The first-order valence-corrected chi connectivity index (χ1v) is 6.67. The predicted octanol–water partition coefficient (Wildman–Crippen LogP) is 2.08. The van der Waals surface area contributed by atoms with E-state index in [0.717, 1.165) is 29.4 Å². The van der Waals surface area contributed by atoms with E-state index in [1.807, 2.05) is 24.9 Å². The van der Waals surface area contributed by atoms with Gasteiger partial charge in [0.25, 0.3) is 0 Å². The summed E-state index contributed by atoms with van der Waals surface area (Å²) in [7, 11) is 1.94. The molecule has 17 heavy (non-hydrogen) atoms. The van der Waals surface area contributed by atoms with Gasteiger partial charge in [-0.2, -0.15) is 5.10 Å². The molecule has 0 radical (unpaired) electrons. The molecule has 0 aliphatic carbocycles. The highest BCUT2D eigenvalue weighted by Gasteiger charge is 2.07. The Bertz CT molecular complexity index is 474. The largest absolute Gasteiger partial charge is 0.308 e. The molecule has 1 atom stereocenters. The summed E-state index contributed by atoms with van der Waals surface area (Å²) in [6, 6.07) is 2.36. The molecule has 1 N–H and O–H groups in total. The topological polar surface area (TPSA) is 42.7 Å². The van der Waals surface area contributed by atoms with Gasteiger partial charge in [-0.25, -0.2) is 4.98 Å². The first-order valence-electron chi connectivity index (χ1n) is 5.79. The van der Waals surface area contributed by atoms with Crippen LogP contribution >= 0.6 is 11.3 Å². The summed E-state index contributed by atoms with van der Waals surface area (Å²) in [6.07, 6.45) is 2.93. The third kappa shape index (κ3) is 3.38. The van der Waals surface area contributed by atoms with Crippen LogP contribution < -0.4 is 5.32 Å². The third-order valence-electron chi connectivity index (χ3n) is 2.68. The fourth-order valence-electron chi connectivity index (χ4n) is 1.70. The third-order valence-corrected chi connectivity index (χ3v) is 3.47. The summed E-state index contributed by atoms with van der Waals surface area (Å²) in [6.45, 7) is 5.11. The Morgan fingerprint density at radius 3 is 2.94 bits per heavy atom. The zero-order chi connectivity index (χ0) is 12.3. The van der Waals surface area contributed by atoms with Crippen LogP contribution in [-0.2, 0) is 13.5 Å². The summed E-state index contributed by atoms with van der Waals surface area (Å²) < 4.78 is 1.84. The van der Waals surface area contributed by atoms with E-state index >= 15 is 0 Å². The molecule has 0 aromatic carbocycles. The second kappa shape index (κ2) is 5.42. The van der Waals surface area contributed by atoms with E-state index in [1.165, 1.54) is 0 Å². The first-order chi connectivity index (χ1) is 8.15. The van der Waals surface area contributed by atoms with E-state index in [2.05, 4.69) is 33.8 Å². The molecule has 0 aliphatic heterocycles. The highest BCUT2D eigenvalue weighted by molar-refractivity contribution is 7.09. The molecule has 92 valence electrons. The van der Waals surface area contributed by atoms with Gasteiger partial charge in [0.2, 0.25) is 0 Å². The minimum absolute atomic E-state index is 0.309. The van der Waals surface area contributed by atoms with Gasteiger partial charge < -0.3 is 5.32 Å². The molecule has 0 aliphatic rings. The standard InChI is InChI=1S/C12H18N4S/c1-9(12-8-17-10(2)14-12)13-6-4-11-5-7-16(3)15-11/h5,7-9,13H,4,6H2,1-3H3. The van der Waals surface area contributed by atoms with Crippen molar-refractivity contribution in [1.29, 1.82) is 0 Å². The molecule has 2 aromatic rings. The molecule has 1 unspecified atom stereocenters. The van der Waals surface area contributed by atoms with Gasteiger partial charge in [0.15, 0.2) is 0 Å². The van der Waals surface area contributed by atoms with Crippen molar-refractivity contribution in [2.45, 2.75) is 26.3 Å². The van der Waals surface area contributed by atoms with Crippen molar-refractivity contribution < 1.29 is 0 Å². The molecular weight excluding hydrogens is 232 g/mol. The number of nitrogens with zero attached hydrogens (tertiary/aromatic N) is 3. The van der Waals surface area contributed by atoms with E-state index in [9.17, 15) is 0 Å². The van der Waals surface area contributed by atoms with E-state index in [4.69, 9.17) is 0 Å². The minimum Gasteiger partial charge on any atom is -0.308 e. The smallest absolute Gasteiger partial charge is 0.0898 e. The van der Waals surface area contributed by atoms with Crippen LogP contribution in [0.2, 0.25) is 0 Å². The lowest BCUT2D eigenvalue weighted by molar-refractivity contribution is 0.561. The average Bonchev–Trinajstić information content (AvgIpc) is 2.88. The summed E-state index contributed by atoms with van der Waals surface area (Å²) in [4.78, 5) is 4.48. The molecule has 0 bridgehead atoms. The molecule has 5 heteroatoms. The molecule has 0 amide bonds. The number of nitrogens with one attached hydrogen (secondary N) is 1. The van der Waals surface area contributed by atoms with Crippen molar-refractivity contribution in [3.05, 3.63) is 34.0 Å². The van der Waals surface area contributed by atoms with Crippen LogP contribution in [0.15, 0.2) is 17.6 Å². The summed E-state index contributed by atoms with van der Waals surface area (Å²) >= 11 is 1.70. The lowest BCUT2D eigenvalue weighted by Gasteiger charge is -2.10. The van der Waals surface area contributed by atoms with Crippen LogP contribution in [0, 0.1) is 6.92 Å². The summed E-state index contributed by atoms with van der Waals surface area (Å²) in [5.74, 6) is 0. The van der Waals surface area contributed by atoms with Gasteiger partial charge >= 0.3 is 0 Å². The minimum atomic E-state index is 0.309. The van der Waals surface area contributed by atoms with Gasteiger partial charge in [-0.15, -0.1) is 11.3 Å². The van der Waals surface area contributed by atoms with Crippen LogP contribution in [0.5, 0.6) is 0 Å². The molecule has 0 saturated carbocycles. The monoisotopic (exact) mass is 250 g/mol. The van der Waals surface area contributed by atoms with Crippen molar-refractivity contribution in [2.24, 2.45) is 7.05 Å². The van der Waals surface area contributed by atoms with Crippen molar-refractivity contribution >= 4 is 11.3 Å². The van der Waals surface area contributed by atoms with Gasteiger partial charge in [0.05, 0.1) is 16.4 Å². The maximum Gasteiger partial charge on any atom is 0.0898 e. The highest BCUT2D eigenvalue weighted by atomic mass is 32.1. The Morgan fingerprint density at radius 1 is 1.53 bits per heavy atom. The number of thiazole rings is 1. The Labute approximate surface area is 106 Å². The van der Waals surface area contributed by atoms with Crippen LogP contribution in [-0.4, -0.2) is 21.3 Å². The normalized spacial score (nSPS) is 12.9. The fraction of sp³-hybridized carbons (Fsp3) is 0.500. The Kier molecular flexibility index (Phi) is 3.91. The van der Waals surface area contributed by atoms with Crippen LogP contribution in [0.25, 0.3) is 0 Å². The molecule has 0 fully saturated rings. The molecule has 0 spiro atoms. The molecule has 2 rings (SSSR count). The van der Waals surface area contributed by atoms with E-state index in [0.29, 0.717) is 6.04 Å². The fourth-order valence-corrected chi connectivity index (χ4v) is 2.40. The lowest BCUT2D eigenvalue weighted by atomic mass is 10.2. The van der Waals surface area contributed by atoms with Gasteiger partial charge in [-0.05, 0) is 19.9 Å². The number of rotatable bonds is 5. The molecule has 4 nitrogen and oxygen atoms in total. The number of hydrogen-bond donors (Lipinski definition) is 1. The van der Waals surface area contributed by atoms with Gasteiger partial charge in [0, 0.05) is 37.6 Å². The first kappa shape index (κ1) is 12.3. The summed E-state index contributed by atoms with van der Waals surface area (Å²) in [5.41, 5.74) is 2.26.